The molecule has 0 spiro atoms. The minimum Gasteiger partial charge on any atom is -0.462 e. The first-order valence-electron chi connectivity index (χ1n) is 15.1. The van der Waals surface area contributed by atoms with Crippen molar-refractivity contribution in [2.24, 2.45) is 50.7 Å². The van der Waals surface area contributed by atoms with E-state index in [1.165, 1.54) is 51.4 Å². The van der Waals surface area contributed by atoms with Gasteiger partial charge < -0.3 is 9.47 Å². The zero-order valence-corrected chi connectivity index (χ0v) is 24.8. The standard InChI is InChI=1S/C33H54O3/c1-21(34)36-28-16-18-32(7)23-11-13-26-31(6,20-22(23)10-12-24(32)30(28,4)5)17-14-25-29(2,3)27(35-9)15-19-33(25,26)8/h10,23-28H,11-20H2,1-9H3/t23-,24-,25+,26-,27+,28+,31+,32-,33+/m1/s1. The molecule has 0 radical (unpaired) electrons. The molecule has 0 unspecified atom stereocenters. The number of hydrogen-bond donors (Lipinski definition) is 0. The Morgan fingerprint density at radius 2 is 1.42 bits per heavy atom. The summed E-state index contributed by atoms with van der Waals surface area (Å²) in [6.45, 7) is 19.3. The fourth-order valence-corrected chi connectivity index (χ4v) is 11.7. The molecule has 9 atom stereocenters. The summed E-state index contributed by atoms with van der Waals surface area (Å²) >= 11 is 0. The topological polar surface area (TPSA) is 35.5 Å². The maximum absolute atomic E-state index is 11.9. The van der Waals surface area contributed by atoms with Crippen LogP contribution >= 0.6 is 0 Å². The highest BCUT2D eigenvalue weighted by Crippen LogP contribution is 2.70. The summed E-state index contributed by atoms with van der Waals surface area (Å²) in [5, 5.41) is 0. The molecule has 0 aromatic carbocycles. The highest BCUT2D eigenvalue weighted by Gasteiger charge is 2.63. The van der Waals surface area contributed by atoms with Crippen LogP contribution in [0.4, 0.5) is 0 Å². The quantitative estimate of drug-likeness (QED) is 0.283. The van der Waals surface area contributed by atoms with E-state index < -0.39 is 0 Å². The molecule has 5 rings (SSSR count). The fourth-order valence-electron chi connectivity index (χ4n) is 11.7. The Labute approximate surface area is 221 Å². The highest BCUT2D eigenvalue weighted by molar-refractivity contribution is 5.66. The van der Waals surface area contributed by atoms with Crippen molar-refractivity contribution in [2.45, 2.75) is 132 Å². The highest BCUT2D eigenvalue weighted by atomic mass is 16.5. The van der Waals surface area contributed by atoms with Gasteiger partial charge in [0, 0.05) is 19.4 Å². The van der Waals surface area contributed by atoms with Crippen molar-refractivity contribution in [3.8, 4) is 0 Å². The summed E-state index contributed by atoms with van der Waals surface area (Å²) in [5.41, 5.74) is 3.18. The monoisotopic (exact) mass is 498 g/mol. The van der Waals surface area contributed by atoms with Gasteiger partial charge in [-0.1, -0.05) is 60.1 Å². The summed E-state index contributed by atoms with van der Waals surface area (Å²) < 4.78 is 11.9. The number of rotatable bonds is 2. The van der Waals surface area contributed by atoms with Gasteiger partial charge in [-0.3, -0.25) is 4.79 Å². The van der Waals surface area contributed by atoms with Gasteiger partial charge in [-0.15, -0.1) is 0 Å². The summed E-state index contributed by atoms with van der Waals surface area (Å²) in [4.78, 5) is 11.9. The van der Waals surface area contributed by atoms with Crippen LogP contribution in [0.1, 0.15) is 120 Å². The maximum atomic E-state index is 11.9. The van der Waals surface area contributed by atoms with E-state index in [9.17, 15) is 4.79 Å². The number of carbonyl (C=O) groups excluding carboxylic acids is 1. The molecule has 5 aliphatic rings. The van der Waals surface area contributed by atoms with Crippen LogP contribution < -0.4 is 0 Å². The van der Waals surface area contributed by atoms with Gasteiger partial charge in [-0.05, 0) is 110 Å². The van der Waals surface area contributed by atoms with Gasteiger partial charge in [0.1, 0.15) is 6.10 Å². The van der Waals surface area contributed by atoms with Crippen molar-refractivity contribution in [1.82, 2.24) is 0 Å². The predicted molar refractivity (Wildman–Crippen MR) is 146 cm³/mol. The van der Waals surface area contributed by atoms with Crippen LogP contribution in [-0.2, 0) is 14.3 Å². The Morgan fingerprint density at radius 1 is 0.778 bits per heavy atom. The third-order valence-electron chi connectivity index (χ3n) is 13.4. The first kappa shape index (κ1) is 26.8. The molecule has 3 heteroatoms. The van der Waals surface area contributed by atoms with Gasteiger partial charge in [-0.2, -0.15) is 0 Å². The normalized spacial score (nSPS) is 49.3. The zero-order chi connectivity index (χ0) is 26.3. The van der Waals surface area contributed by atoms with Crippen LogP contribution in [0.5, 0.6) is 0 Å². The predicted octanol–water partition coefficient (Wildman–Crippen LogP) is 8.36. The molecule has 3 nitrogen and oxygen atoms in total. The van der Waals surface area contributed by atoms with E-state index in [1.54, 1.807) is 12.5 Å². The Balaban J connectivity index is 1.46. The lowest BCUT2D eigenvalue weighted by Gasteiger charge is -2.64. The summed E-state index contributed by atoms with van der Waals surface area (Å²) in [6, 6.07) is 0. The number of ether oxygens (including phenoxy) is 2. The molecule has 4 saturated carbocycles. The average molecular weight is 499 g/mol. The van der Waals surface area contributed by atoms with E-state index in [-0.39, 0.29) is 22.9 Å². The van der Waals surface area contributed by atoms with E-state index in [4.69, 9.17) is 9.47 Å². The minimum atomic E-state index is -0.121. The number of allylic oxidation sites excluding steroid dienone is 2. The molecule has 0 aromatic rings. The van der Waals surface area contributed by atoms with Crippen LogP contribution in [0.2, 0.25) is 0 Å². The van der Waals surface area contributed by atoms with E-state index in [0.717, 1.165) is 24.7 Å². The van der Waals surface area contributed by atoms with Gasteiger partial charge in [0.05, 0.1) is 6.10 Å². The minimum absolute atomic E-state index is 0.0172. The van der Waals surface area contributed by atoms with Crippen LogP contribution in [0, 0.1) is 50.7 Å². The molecule has 0 saturated heterocycles. The SMILES string of the molecule is CO[C@H]1CC[C@]2(C)[C@@H]3CC[C@@H]4C(=CC[C@@H]5C(C)(C)[C@@H](OC(C)=O)CC[C@]45C)C[C@]3(C)CC[C@H]2C1(C)C. The first-order valence-corrected chi connectivity index (χ1v) is 15.1. The van der Waals surface area contributed by atoms with Crippen molar-refractivity contribution >= 4 is 5.97 Å². The third-order valence-corrected chi connectivity index (χ3v) is 13.4. The molecule has 0 N–H and O–H groups in total. The van der Waals surface area contributed by atoms with Gasteiger partial charge in [0.2, 0.25) is 0 Å². The third kappa shape index (κ3) is 3.71. The molecule has 0 amide bonds. The van der Waals surface area contributed by atoms with Crippen LogP contribution in [0.15, 0.2) is 11.6 Å². The van der Waals surface area contributed by atoms with E-state index in [0.29, 0.717) is 34.2 Å². The summed E-state index contributed by atoms with van der Waals surface area (Å²) in [5.74, 6) is 2.67. The second-order valence-electron chi connectivity index (χ2n) is 15.7. The number of esters is 1. The second kappa shape index (κ2) is 8.59. The summed E-state index contributed by atoms with van der Waals surface area (Å²) in [7, 11) is 1.93. The molecular formula is C33H54O3. The van der Waals surface area contributed by atoms with Crippen molar-refractivity contribution < 1.29 is 14.3 Å². The number of carbonyl (C=O) groups is 1. The van der Waals surface area contributed by atoms with E-state index >= 15 is 0 Å². The van der Waals surface area contributed by atoms with Crippen molar-refractivity contribution in [1.29, 1.82) is 0 Å². The Hall–Kier alpha value is -0.830. The Morgan fingerprint density at radius 3 is 2.08 bits per heavy atom. The lowest BCUT2D eigenvalue weighted by Crippen LogP contribution is -2.58. The molecule has 204 valence electrons. The van der Waals surface area contributed by atoms with Gasteiger partial charge in [0.25, 0.3) is 0 Å². The fraction of sp³-hybridized carbons (Fsp3) is 0.909. The van der Waals surface area contributed by atoms with E-state index in [2.05, 4.69) is 54.5 Å². The van der Waals surface area contributed by atoms with Crippen molar-refractivity contribution in [3.05, 3.63) is 11.6 Å². The molecule has 36 heavy (non-hydrogen) atoms. The lowest BCUT2D eigenvalue weighted by atomic mass is 9.42. The van der Waals surface area contributed by atoms with Crippen LogP contribution in [0.3, 0.4) is 0 Å². The number of hydrogen-bond acceptors (Lipinski definition) is 3. The Bertz CT molecular complexity index is 916. The lowest BCUT2D eigenvalue weighted by molar-refractivity contribution is -0.178. The number of fused-ring (bicyclic) bond motifs is 6. The smallest absolute Gasteiger partial charge is 0.302 e. The maximum Gasteiger partial charge on any atom is 0.302 e. The van der Waals surface area contributed by atoms with Gasteiger partial charge >= 0.3 is 5.97 Å². The van der Waals surface area contributed by atoms with Crippen molar-refractivity contribution in [3.63, 3.8) is 0 Å². The molecule has 0 aliphatic heterocycles. The van der Waals surface area contributed by atoms with Crippen LogP contribution in [-0.4, -0.2) is 25.3 Å². The van der Waals surface area contributed by atoms with Crippen LogP contribution in [0.25, 0.3) is 0 Å². The second-order valence-corrected chi connectivity index (χ2v) is 15.7. The van der Waals surface area contributed by atoms with Gasteiger partial charge in [-0.25, -0.2) is 0 Å². The molecule has 0 bridgehead atoms. The van der Waals surface area contributed by atoms with Gasteiger partial charge in [0.15, 0.2) is 0 Å². The molecular weight excluding hydrogens is 444 g/mol. The first-order chi connectivity index (χ1) is 16.7. The van der Waals surface area contributed by atoms with E-state index in [1.807, 2.05) is 7.11 Å². The molecule has 0 aromatic heterocycles. The molecule has 5 aliphatic carbocycles. The zero-order valence-electron chi connectivity index (χ0n) is 24.8. The molecule has 0 heterocycles. The average Bonchev–Trinajstić information content (AvgIpc) is 2.92. The molecule has 4 fully saturated rings. The van der Waals surface area contributed by atoms with Crippen molar-refractivity contribution in [2.75, 3.05) is 7.11 Å². The largest absolute Gasteiger partial charge is 0.462 e. The summed E-state index contributed by atoms with van der Waals surface area (Å²) in [6.07, 6.45) is 15.7. The Kier molecular flexibility index (Phi) is 6.38. The number of methoxy groups -OCH3 is 1.